The molecule has 0 N–H and O–H groups in total. The fraction of sp³-hybridized carbons (Fsp3) is 0.143. The lowest BCUT2D eigenvalue weighted by atomic mass is 9.96. The van der Waals surface area contributed by atoms with Crippen LogP contribution in [0.1, 0.15) is 35.4 Å². The molecule has 0 aliphatic carbocycles. The van der Waals surface area contributed by atoms with Gasteiger partial charge in [-0.2, -0.15) is 5.10 Å². The van der Waals surface area contributed by atoms with E-state index in [4.69, 9.17) is 9.84 Å². The van der Waals surface area contributed by atoms with E-state index in [1.165, 1.54) is 5.56 Å². The SMILES string of the molecule is Brc1ccc2c(c1)[C@H]1CC(c3ccccc3)=NN1[C@H](c1ccncc1)O2. The van der Waals surface area contributed by atoms with Crippen molar-refractivity contribution >= 4 is 21.6 Å². The van der Waals surface area contributed by atoms with Crippen molar-refractivity contribution in [2.75, 3.05) is 0 Å². The van der Waals surface area contributed by atoms with Gasteiger partial charge in [0.15, 0.2) is 0 Å². The van der Waals surface area contributed by atoms with Crippen molar-refractivity contribution in [1.29, 1.82) is 0 Å². The number of aromatic nitrogens is 1. The Bertz CT molecular complexity index is 975. The molecule has 128 valence electrons. The summed E-state index contributed by atoms with van der Waals surface area (Å²) in [6, 6.07) is 20.7. The Morgan fingerprint density at radius 2 is 1.81 bits per heavy atom. The Morgan fingerprint density at radius 1 is 1.00 bits per heavy atom. The summed E-state index contributed by atoms with van der Waals surface area (Å²) in [5.74, 6) is 0.917. The first-order valence-electron chi connectivity index (χ1n) is 8.57. The van der Waals surface area contributed by atoms with Gasteiger partial charge in [0.05, 0.1) is 11.8 Å². The van der Waals surface area contributed by atoms with E-state index in [0.29, 0.717) is 0 Å². The highest BCUT2D eigenvalue weighted by molar-refractivity contribution is 9.10. The van der Waals surface area contributed by atoms with E-state index in [0.717, 1.165) is 33.5 Å². The van der Waals surface area contributed by atoms with Crippen molar-refractivity contribution in [2.24, 2.45) is 5.10 Å². The largest absolute Gasteiger partial charge is 0.464 e. The highest BCUT2D eigenvalue weighted by Crippen LogP contribution is 2.48. The molecule has 3 aromatic rings. The molecule has 1 aromatic heterocycles. The topological polar surface area (TPSA) is 37.7 Å². The Labute approximate surface area is 160 Å². The van der Waals surface area contributed by atoms with Crippen LogP contribution in [-0.2, 0) is 0 Å². The van der Waals surface area contributed by atoms with Crippen LogP contribution in [0.4, 0.5) is 0 Å². The molecule has 0 radical (unpaired) electrons. The van der Waals surface area contributed by atoms with E-state index in [1.807, 2.05) is 30.3 Å². The number of hydrogen-bond acceptors (Lipinski definition) is 4. The summed E-state index contributed by atoms with van der Waals surface area (Å²) in [5, 5.41) is 7.05. The van der Waals surface area contributed by atoms with Gasteiger partial charge in [-0.25, -0.2) is 5.01 Å². The highest BCUT2D eigenvalue weighted by Gasteiger charge is 2.40. The van der Waals surface area contributed by atoms with Gasteiger partial charge in [-0.1, -0.05) is 46.3 Å². The predicted molar refractivity (Wildman–Crippen MR) is 104 cm³/mol. The van der Waals surface area contributed by atoms with Crippen LogP contribution in [0.25, 0.3) is 0 Å². The van der Waals surface area contributed by atoms with E-state index in [-0.39, 0.29) is 12.3 Å². The van der Waals surface area contributed by atoms with Crippen molar-refractivity contribution in [1.82, 2.24) is 9.99 Å². The van der Waals surface area contributed by atoms with E-state index in [1.54, 1.807) is 12.4 Å². The minimum Gasteiger partial charge on any atom is -0.464 e. The maximum Gasteiger partial charge on any atom is 0.213 e. The normalized spacial score (nSPS) is 20.8. The molecule has 0 saturated carbocycles. The van der Waals surface area contributed by atoms with Gasteiger partial charge < -0.3 is 4.74 Å². The van der Waals surface area contributed by atoms with Crippen molar-refractivity contribution in [3.8, 4) is 5.75 Å². The fourth-order valence-electron chi connectivity index (χ4n) is 3.61. The molecule has 0 saturated heterocycles. The summed E-state index contributed by atoms with van der Waals surface area (Å²) in [6.07, 6.45) is 4.20. The summed E-state index contributed by atoms with van der Waals surface area (Å²) in [7, 11) is 0. The van der Waals surface area contributed by atoms with Gasteiger partial charge >= 0.3 is 0 Å². The number of hydrazone groups is 1. The molecule has 0 spiro atoms. The van der Waals surface area contributed by atoms with Crippen LogP contribution >= 0.6 is 15.9 Å². The second kappa shape index (κ2) is 6.25. The first-order chi connectivity index (χ1) is 12.8. The number of pyridine rings is 1. The van der Waals surface area contributed by atoms with Crippen LogP contribution in [-0.4, -0.2) is 15.7 Å². The molecular formula is C21H16BrN3O. The molecule has 2 atom stereocenters. The maximum absolute atomic E-state index is 6.34. The summed E-state index contributed by atoms with van der Waals surface area (Å²) < 4.78 is 7.39. The van der Waals surface area contributed by atoms with Crippen LogP contribution in [0.2, 0.25) is 0 Å². The summed E-state index contributed by atoms with van der Waals surface area (Å²) >= 11 is 3.59. The molecule has 3 heterocycles. The van der Waals surface area contributed by atoms with Crippen molar-refractivity contribution in [2.45, 2.75) is 18.7 Å². The van der Waals surface area contributed by atoms with Crippen molar-refractivity contribution in [3.63, 3.8) is 0 Å². The number of benzene rings is 2. The van der Waals surface area contributed by atoms with Crippen molar-refractivity contribution in [3.05, 3.63) is 94.2 Å². The number of hydrogen-bond donors (Lipinski definition) is 0. The van der Waals surface area contributed by atoms with Gasteiger partial charge in [-0.3, -0.25) is 4.98 Å². The monoisotopic (exact) mass is 405 g/mol. The third kappa shape index (κ3) is 2.59. The van der Waals surface area contributed by atoms with Crippen molar-refractivity contribution < 1.29 is 4.74 Å². The minimum atomic E-state index is -0.252. The molecule has 4 nitrogen and oxygen atoms in total. The highest BCUT2D eigenvalue weighted by atomic mass is 79.9. The Morgan fingerprint density at radius 3 is 2.62 bits per heavy atom. The number of ether oxygens (including phenoxy) is 1. The molecule has 2 aromatic carbocycles. The van der Waals surface area contributed by atoms with E-state index >= 15 is 0 Å². The fourth-order valence-corrected chi connectivity index (χ4v) is 3.99. The van der Waals surface area contributed by atoms with E-state index in [2.05, 4.69) is 56.3 Å². The molecule has 0 amide bonds. The molecule has 2 aliphatic rings. The van der Waals surface area contributed by atoms with Gasteiger partial charge in [-0.15, -0.1) is 0 Å². The minimum absolute atomic E-state index is 0.157. The molecule has 5 heteroatoms. The van der Waals surface area contributed by atoms with Crippen LogP contribution in [0.3, 0.4) is 0 Å². The molecular weight excluding hydrogens is 390 g/mol. The van der Waals surface area contributed by atoms with Gasteiger partial charge in [0, 0.05) is 34.4 Å². The third-order valence-electron chi connectivity index (χ3n) is 4.85. The smallest absolute Gasteiger partial charge is 0.213 e. The standard InChI is InChI=1S/C21H16BrN3O/c22-16-6-7-20-17(12-16)19-13-18(14-4-2-1-3-5-14)24-25(19)21(26-20)15-8-10-23-11-9-15/h1-12,19,21H,13H2/t19-,21+/m1/s1. The summed E-state index contributed by atoms with van der Waals surface area (Å²) in [5.41, 5.74) is 4.47. The lowest BCUT2D eigenvalue weighted by Crippen LogP contribution is -2.33. The molecule has 26 heavy (non-hydrogen) atoms. The lowest BCUT2D eigenvalue weighted by Gasteiger charge is -2.38. The number of halogens is 1. The Hall–Kier alpha value is -2.66. The lowest BCUT2D eigenvalue weighted by molar-refractivity contribution is -0.0191. The number of rotatable bonds is 2. The second-order valence-corrected chi connectivity index (χ2v) is 7.36. The van der Waals surface area contributed by atoms with Gasteiger partial charge in [0.2, 0.25) is 6.23 Å². The van der Waals surface area contributed by atoms with E-state index < -0.39 is 0 Å². The van der Waals surface area contributed by atoms with Gasteiger partial charge in [0.25, 0.3) is 0 Å². The Balaban J connectivity index is 1.62. The molecule has 2 aliphatic heterocycles. The zero-order valence-electron chi connectivity index (χ0n) is 13.9. The van der Waals surface area contributed by atoms with Crippen LogP contribution in [0, 0.1) is 0 Å². The molecule has 0 fully saturated rings. The van der Waals surface area contributed by atoms with Gasteiger partial charge in [0.1, 0.15) is 5.75 Å². The quantitative estimate of drug-likeness (QED) is 0.595. The Kier molecular flexibility index (Phi) is 3.75. The predicted octanol–water partition coefficient (Wildman–Crippen LogP) is 5.09. The zero-order chi connectivity index (χ0) is 17.5. The number of fused-ring (bicyclic) bond motifs is 3. The average molecular weight is 406 g/mol. The second-order valence-electron chi connectivity index (χ2n) is 6.45. The summed E-state index contributed by atoms with van der Waals surface area (Å²) in [4.78, 5) is 4.13. The molecule has 0 bridgehead atoms. The zero-order valence-corrected chi connectivity index (χ0v) is 15.5. The van der Waals surface area contributed by atoms with Gasteiger partial charge in [-0.05, 0) is 35.9 Å². The van der Waals surface area contributed by atoms with Crippen LogP contribution in [0.15, 0.2) is 82.6 Å². The van der Waals surface area contributed by atoms with Crippen LogP contribution < -0.4 is 4.74 Å². The van der Waals surface area contributed by atoms with Crippen LogP contribution in [0.5, 0.6) is 5.75 Å². The molecule has 0 unspecified atom stereocenters. The van der Waals surface area contributed by atoms with E-state index in [9.17, 15) is 0 Å². The molecule has 5 rings (SSSR count). The third-order valence-corrected chi connectivity index (χ3v) is 5.34. The first kappa shape index (κ1) is 15.6. The summed E-state index contributed by atoms with van der Waals surface area (Å²) in [6.45, 7) is 0. The first-order valence-corrected chi connectivity index (χ1v) is 9.36. The number of nitrogens with zero attached hydrogens (tertiary/aromatic N) is 3. The maximum atomic E-state index is 6.34. The average Bonchev–Trinajstić information content (AvgIpc) is 3.15.